The summed E-state index contributed by atoms with van der Waals surface area (Å²) in [6.45, 7) is 0. The van der Waals surface area contributed by atoms with Crippen LogP contribution in [0, 0.1) is 0 Å². The predicted octanol–water partition coefficient (Wildman–Crippen LogP) is 2.60. The fourth-order valence-electron chi connectivity index (χ4n) is 2.06. The average Bonchev–Trinajstić information content (AvgIpc) is 2.47. The summed E-state index contributed by atoms with van der Waals surface area (Å²) in [6.07, 6.45) is 0. The van der Waals surface area contributed by atoms with Gasteiger partial charge in [0.2, 0.25) is 0 Å². The summed E-state index contributed by atoms with van der Waals surface area (Å²) >= 11 is 0. The highest BCUT2D eigenvalue weighted by atomic mass is 32.2. The second-order valence-corrected chi connectivity index (χ2v) is 6.41. The fraction of sp³-hybridized carbons (Fsp3) is 0.200. The van der Waals surface area contributed by atoms with E-state index >= 15 is 0 Å². The van der Waals surface area contributed by atoms with E-state index in [0.717, 1.165) is 5.69 Å². The van der Waals surface area contributed by atoms with E-state index in [2.05, 4.69) is 10.0 Å². The van der Waals surface area contributed by atoms with Crippen molar-refractivity contribution in [3.05, 3.63) is 48.5 Å². The summed E-state index contributed by atoms with van der Waals surface area (Å²) in [5.41, 5.74) is 1.92. The van der Waals surface area contributed by atoms with Crippen LogP contribution < -0.4 is 14.9 Å². The molecule has 0 saturated heterocycles. The first-order valence-electron chi connectivity index (χ1n) is 6.51. The van der Waals surface area contributed by atoms with Crippen molar-refractivity contribution in [1.82, 2.24) is 0 Å². The van der Waals surface area contributed by atoms with Crippen LogP contribution in [0.3, 0.4) is 0 Å². The summed E-state index contributed by atoms with van der Waals surface area (Å²) in [4.78, 5) is 2.09. The van der Waals surface area contributed by atoms with Gasteiger partial charge in [-0.3, -0.25) is 4.72 Å². The number of para-hydroxylation sites is 3. The van der Waals surface area contributed by atoms with E-state index in [1.807, 2.05) is 31.1 Å². The molecule has 0 atom stereocenters. The van der Waals surface area contributed by atoms with Crippen LogP contribution in [-0.4, -0.2) is 29.6 Å². The van der Waals surface area contributed by atoms with E-state index in [9.17, 15) is 8.42 Å². The minimum Gasteiger partial charge on any atom is -0.387 e. The minimum absolute atomic E-state index is 0.223. The lowest BCUT2D eigenvalue weighted by Gasteiger charge is -2.19. The average molecular weight is 305 g/mol. The number of benzene rings is 2. The van der Waals surface area contributed by atoms with Crippen molar-refractivity contribution in [3.63, 3.8) is 0 Å². The molecule has 112 valence electrons. The molecule has 2 aromatic carbocycles. The number of nitrogens with one attached hydrogen (secondary N) is 2. The topological polar surface area (TPSA) is 61.4 Å². The molecule has 0 bridgehead atoms. The van der Waals surface area contributed by atoms with E-state index in [1.165, 1.54) is 0 Å². The molecule has 0 amide bonds. The summed E-state index contributed by atoms with van der Waals surface area (Å²) in [6, 6.07) is 14.1. The monoisotopic (exact) mass is 305 g/mol. The van der Waals surface area contributed by atoms with E-state index in [4.69, 9.17) is 0 Å². The molecule has 0 heterocycles. The number of rotatable bonds is 5. The van der Waals surface area contributed by atoms with Gasteiger partial charge in [-0.1, -0.05) is 24.3 Å². The second kappa shape index (κ2) is 6.05. The molecular formula is C15H19N3O2S. The maximum atomic E-state index is 12.6. The molecule has 21 heavy (non-hydrogen) atoms. The Bertz CT molecular complexity index is 727. The molecule has 2 aromatic rings. The first kappa shape index (κ1) is 15.2. The summed E-state index contributed by atoms with van der Waals surface area (Å²) in [5.74, 6) is 0. The van der Waals surface area contributed by atoms with Crippen LogP contribution in [0.5, 0.6) is 0 Å². The largest absolute Gasteiger partial charge is 0.387 e. The lowest BCUT2D eigenvalue weighted by Crippen LogP contribution is -2.18. The molecule has 0 radical (unpaired) electrons. The van der Waals surface area contributed by atoms with Crippen LogP contribution in [0.4, 0.5) is 17.1 Å². The molecule has 6 heteroatoms. The lowest BCUT2D eigenvalue weighted by atomic mass is 10.2. The molecule has 2 N–H and O–H groups in total. The second-order valence-electron chi connectivity index (χ2n) is 4.76. The van der Waals surface area contributed by atoms with E-state index in [-0.39, 0.29) is 4.90 Å². The van der Waals surface area contributed by atoms with Gasteiger partial charge >= 0.3 is 0 Å². The molecule has 0 spiro atoms. The van der Waals surface area contributed by atoms with Crippen molar-refractivity contribution < 1.29 is 8.42 Å². The Morgan fingerprint density at radius 2 is 1.48 bits per heavy atom. The number of hydrogen-bond donors (Lipinski definition) is 2. The van der Waals surface area contributed by atoms with Crippen LogP contribution in [-0.2, 0) is 10.0 Å². The van der Waals surface area contributed by atoms with Crippen molar-refractivity contribution in [2.75, 3.05) is 36.1 Å². The van der Waals surface area contributed by atoms with Crippen molar-refractivity contribution in [1.29, 1.82) is 0 Å². The maximum Gasteiger partial charge on any atom is 0.264 e. The zero-order valence-corrected chi connectivity index (χ0v) is 13.1. The van der Waals surface area contributed by atoms with Gasteiger partial charge in [0.25, 0.3) is 10.0 Å². The van der Waals surface area contributed by atoms with Gasteiger partial charge in [0.1, 0.15) is 4.90 Å². The highest BCUT2D eigenvalue weighted by Gasteiger charge is 2.19. The van der Waals surface area contributed by atoms with Crippen LogP contribution in [0.15, 0.2) is 53.4 Å². The van der Waals surface area contributed by atoms with Crippen LogP contribution in [0.1, 0.15) is 0 Å². The SMILES string of the molecule is CNc1ccccc1S(=O)(=O)Nc1ccccc1N(C)C. The third-order valence-corrected chi connectivity index (χ3v) is 4.50. The van der Waals surface area contributed by atoms with E-state index in [0.29, 0.717) is 11.4 Å². The third-order valence-electron chi connectivity index (χ3n) is 3.08. The Morgan fingerprint density at radius 3 is 2.10 bits per heavy atom. The number of hydrogen-bond acceptors (Lipinski definition) is 4. The molecule has 5 nitrogen and oxygen atoms in total. The quantitative estimate of drug-likeness (QED) is 0.891. The number of anilines is 3. The molecule has 0 aliphatic rings. The molecular weight excluding hydrogens is 286 g/mol. The molecule has 2 rings (SSSR count). The van der Waals surface area contributed by atoms with Crippen molar-refractivity contribution in [2.45, 2.75) is 4.90 Å². The van der Waals surface area contributed by atoms with Crippen LogP contribution in [0.2, 0.25) is 0 Å². The van der Waals surface area contributed by atoms with Gasteiger partial charge < -0.3 is 10.2 Å². The minimum atomic E-state index is -3.65. The van der Waals surface area contributed by atoms with Crippen LogP contribution in [0.25, 0.3) is 0 Å². The van der Waals surface area contributed by atoms with Gasteiger partial charge in [-0.15, -0.1) is 0 Å². The molecule has 0 fully saturated rings. The Morgan fingerprint density at radius 1 is 0.905 bits per heavy atom. The molecule has 0 aliphatic heterocycles. The molecule has 0 aliphatic carbocycles. The smallest absolute Gasteiger partial charge is 0.264 e. The van der Waals surface area contributed by atoms with Gasteiger partial charge in [-0.2, -0.15) is 0 Å². The normalized spacial score (nSPS) is 11.0. The molecule has 0 saturated carbocycles. The van der Waals surface area contributed by atoms with E-state index in [1.54, 1.807) is 43.4 Å². The zero-order valence-electron chi connectivity index (χ0n) is 12.3. The standard InChI is InChI=1S/C15H19N3O2S/c1-16-13-9-5-7-11-15(13)21(19,20)17-12-8-4-6-10-14(12)18(2)3/h4-11,16-17H,1-3H3. The summed E-state index contributed by atoms with van der Waals surface area (Å²) in [7, 11) is 1.78. The predicted molar refractivity (Wildman–Crippen MR) is 87.6 cm³/mol. The highest BCUT2D eigenvalue weighted by Crippen LogP contribution is 2.28. The summed E-state index contributed by atoms with van der Waals surface area (Å²) in [5, 5.41) is 2.90. The Kier molecular flexibility index (Phi) is 4.37. The van der Waals surface area contributed by atoms with Gasteiger partial charge in [-0.05, 0) is 24.3 Å². The number of sulfonamides is 1. The molecule has 0 unspecified atom stereocenters. The lowest BCUT2D eigenvalue weighted by molar-refractivity contribution is 0.601. The van der Waals surface area contributed by atoms with Gasteiger partial charge in [0.05, 0.1) is 17.1 Å². The first-order chi connectivity index (χ1) is 9.95. The van der Waals surface area contributed by atoms with E-state index < -0.39 is 10.0 Å². The van der Waals surface area contributed by atoms with Gasteiger partial charge in [0, 0.05) is 21.1 Å². The van der Waals surface area contributed by atoms with Crippen LogP contribution >= 0.6 is 0 Å². The zero-order chi connectivity index (χ0) is 15.5. The Labute approximate surface area is 125 Å². The third kappa shape index (κ3) is 3.28. The van der Waals surface area contributed by atoms with Crippen molar-refractivity contribution >= 4 is 27.1 Å². The first-order valence-corrected chi connectivity index (χ1v) is 8.00. The molecule has 0 aromatic heterocycles. The Hall–Kier alpha value is -2.21. The maximum absolute atomic E-state index is 12.6. The fourth-order valence-corrected chi connectivity index (χ4v) is 3.35. The Balaban J connectivity index is 2.43. The number of nitrogens with zero attached hydrogens (tertiary/aromatic N) is 1. The van der Waals surface area contributed by atoms with Crippen molar-refractivity contribution in [3.8, 4) is 0 Å². The van der Waals surface area contributed by atoms with Crippen molar-refractivity contribution in [2.24, 2.45) is 0 Å². The summed E-state index contributed by atoms with van der Waals surface area (Å²) < 4.78 is 27.8. The van der Waals surface area contributed by atoms with Gasteiger partial charge in [0.15, 0.2) is 0 Å². The van der Waals surface area contributed by atoms with Gasteiger partial charge in [-0.25, -0.2) is 8.42 Å². The highest BCUT2D eigenvalue weighted by molar-refractivity contribution is 7.93.